The highest BCUT2D eigenvalue weighted by Crippen LogP contribution is 2.34. The Morgan fingerprint density at radius 3 is 2.25 bits per heavy atom. The van der Waals surface area contributed by atoms with Crippen LogP contribution in [0.15, 0.2) is 95.0 Å². The van der Waals surface area contributed by atoms with Crippen LogP contribution in [0.2, 0.25) is 0 Å². The van der Waals surface area contributed by atoms with E-state index in [2.05, 4.69) is 10.2 Å². The van der Waals surface area contributed by atoms with Crippen molar-refractivity contribution in [2.24, 2.45) is 0 Å². The Morgan fingerprint density at radius 2 is 1.59 bits per heavy atom. The van der Waals surface area contributed by atoms with Crippen molar-refractivity contribution < 1.29 is 27.5 Å². The fourth-order valence-electron chi connectivity index (χ4n) is 5.49. The molecule has 2 amide bonds. The summed E-state index contributed by atoms with van der Waals surface area (Å²) in [5.41, 5.74) is 2.56. The molecule has 0 aromatic heterocycles. The number of hydrogen-bond acceptors (Lipinski definition) is 7. The zero-order chi connectivity index (χ0) is 31.3. The lowest BCUT2D eigenvalue weighted by Crippen LogP contribution is -2.53. The third kappa shape index (κ3) is 6.80. The highest BCUT2D eigenvalue weighted by Gasteiger charge is 2.39. The van der Waals surface area contributed by atoms with Gasteiger partial charge in [-0.25, -0.2) is 18.0 Å². The average Bonchev–Trinajstić information content (AvgIpc) is 3.02. The number of esters is 1. The number of amides is 2. The number of piperazine rings is 1. The van der Waals surface area contributed by atoms with Gasteiger partial charge in [-0.1, -0.05) is 48.0 Å². The molecule has 1 fully saturated rings. The molecule has 1 saturated heterocycles. The number of sulfonamides is 1. The number of rotatable bonds is 10. The number of carbonyl (C=O) groups excluding carboxylic acids is 2. The van der Waals surface area contributed by atoms with Crippen LogP contribution in [0.5, 0.6) is 11.5 Å². The van der Waals surface area contributed by atoms with Gasteiger partial charge in [0.05, 0.1) is 23.1 Å². The van der Waals surface area contributed by atoms with Gasteiger partial charge in [-0.05, 0) is 62.7 Å². The molecule has 0 radical (unpaired) electrons. The summed E-state index contributed by atoms with van der Waals surface area (Å²) < 4.78 is 39.5. The minimum atomic E-state index is -3.63. The molecule has 1 N–H and O–H groups in total. The smallest absolute Gasteiger partial charge is 0.338 e. The molecule has 0 saturated carbocycles. The van der Waals surface area contributed by atoms with Crippen LogP contribution in [0.1, 0.15) is 31.0 Å². The number of benzene rings is 3. The van der Waals surface area contributed by atoms with Crippen LogP contribution in [0.4, 0.5) is 4.79 Å². The van der Waals surface area contributed by atoms with Gasteiger partial charge in [0.1, 0.15) is 11.5 Å². The van der Waals surface area contributed by atoms with Gasteiger partial charge in [0, 0.05) is 45.0 Å². The predicted octanol–water partition coefficient (Wildman–Crippen LogP) is 4.70. The van der Waals surface area contributed by atoms with E-state index in [-0.39, 0.29) is 24.1 Å². The van der Waals surface area contributed by atoms with Crippen LogP contribution >= 0.6 is 0 Å². The van der Waals surface area contributed by atoms with E-state index in [4.69, 9.17) is 9.47 Å². The number of ether oxygens (including phenoxy) is 2. The fraction of sp³-hybridized carbons (Fsp3) is 0.333. The number of hydrogen-bond donors (Lipinski definition) is 1. The summed E-state index contributed by atoms with van der Waals surface area (Å²) in [5.74, 6) is 0.720. The van der Waals surface area contributed by atoms with Gasteiger partial charge in [0.25, 0.3) is 0 Å². The topological polar surface area (TPSA) is 108 Å². The molecule has 10 nitrogen and oxygen atoms in total. The number of nitrogens with zero attached hydrogens (tertiary/aromatic N) is 3. The summed E-state index contributed by atoms with van der Waals surface area (Å²) in [6, 6.07) is 22.4. The van der Waals surface area contributed by atoms with E-state index >= 15 is 0 Å². The fourth-order valence-corrected chi connectivity index (χ4v) is 6.91. The Morgan fingerprint density at radius 1 is 0.909 bits per heavy atom. The van der Waals surface area contributed by atoms with Gasteiger partial charge >= 0.3 is 12.0 Å². The van der Waals surface area contributed by atoms with E-state index < -0.39 is 22.0 Å². The summed E-state index contributed by atoms with van der Waals surface area (Å²) in [7, 11) is -3.63. The molecular weight excluding hydrogens is 580 g/mol. The standard InChI is InChI=1S/C33H38N4O6S/c1-4-37-29(23-35-18-20-36(21-19-35)44(40,41)28-16-14-24(3)15-17-28)30(32(38)42-5-2)31(34-33(37)39)25-10-9-13-27(22-25)43-26-11-7-6-8-12-26/h6-17,22,31H,4-5,18-21,23H2,1-3H3,(H,34,39)/t31-/m0/s1. The first-order valence-electron chi connectivity index (χ1n) is 14.8. The van der Waals surface area contributed by atoms with Gasteiger partial charge in [0.2, 0.25) is 10.0 Å². The van der Waals surface area contributed by atoms with Crippen molar-refractivity contribution in [2.45, 2.75) is 31.7 Å². The molecular formula is C33H38N4O6S. The van der Waals surface area contributed by atoms with Crippen molar-refractivity contribution in [1.29, 1.82) is 0 Å². The Labute approximate surface area is 258 Å². The van der Waals surface area contributed by atoms with Crippen LogP contribution in [-0.4, -0.2) is 80.4 Å². The molecule has 0 aliphatic carbocycles. The van der Waals surface area contributed by atoms with Crippen molar-refractivity contribution in [1.82, 2.24) is 19.4 Å². The molecule has 0 spiro atoms. The first-order valence-corrected chi connectivity index (χ1v) is 16.3. The van der Waals surface area contributed by atoms with E-state index in [0.29, 0.717) is 61.1 Å². The largest absolute Gasteiger partial charge is 0.463 e. The number of carbonyl (C=O) groups is 2. The monoisotopic (exact) mass is 618 g/mol. The number of likely N-dealkylation sites (N-methyl/N-ethyl adjacent to an activating group) is 1. The first-order chi connectivity index (χ1) is 21.2. The lowest BCUT2D eigenvalue weighted by atomic mass is 9.94. The van der Waals surface area contributed by atoms with Crippen LogP contribution in [0.25, 0.3) is 0 Å². The van der Waals surface area contributed by atoms with Crippen molar-refractivity contribution in [3.05, 3.63) is 101 Å². The molecule has 232 valence electrons. The van der Waals surface area contributed by atoms with Crippen LogP contribution in [0.3, 0.4) is 0 Å². The second-order valence-electron chi connectivity index (χ2n) is 10.7. The molecule has 2 aliphatic rings. The average molecular weight is 619 g/mol. The number of nitrogens with one attached hydrogen (secondary N) is 1. The van der Waals surface area contributed by atoms with Crippen LogP contribution in [0, 0.1) is 6.92 Å². The van der Waals surface area contributed by atoms with Gasteiger partial charge in [0.15, 0.2) is 0 Å². The molecule has 3 aromatic rings. The highest BCUT2D eigenvalue weighted by atomic mass is 32.2. The summed E-state index contributed by atoms with van der Waals surface area (Å²) in [5, 5.41) is 3.00. The van der Waals surface area contributed by atoms with Crippen molar-refractivity contribution in [3.63, 3.8) is 0 Å². The molecule has 2 aliphatic heterocycles. The summed E-state index contributed by atoms with van der Waals surface area (Å²) in [6.45, 7) is 7.77. The normalized spacial score (nSPS) is 18.2. The summed E-state index contributed by atoms with van der Waals surface area (Å²) in [6.07, 6.45) is 0. The Hall–Kier alpha value is -4.19. The third-order valence-corrected chi connectivity index (χ3v) is 9.70. The summed E-state index contributed by atoms with van der Waals surface area (Å²) in [4.78, 5) is 30.9. The first kappa shape index (κ1) is 31.2. The van der Waals surface area contributed by atoms with E-state index in [0.717, 1.165) is 5.56 Å². The van der Waals surface area contributed by atoms with Crippen molar-refractivity contribution in [2.75, 3.05) is 45.9 Å². The van der Waals surface area contributed by atoms with Gasteiger partial charge < -0.3 is 14.8 Å². The van der Waals surface area contributed by atoms with Crippen LogP contribution < -0.4 is 10.1 Å². The molecule has 0 bridgehead atoms. The zero-order valence-corrected chi connectivity index (χ0v) is 26.0. The minimum Gasteiger partial charge on any atom is -0.463 e. The second-order valence-corrected chi connectivity index (χ2v) is 12.6. The van der Waals surface area contributed by atoms with Crippen LogP contribution in [-0.2, 0) is 19.6 Å². The van der Waals surface area contributed by atoms with E-state index in [9.17, 15) is 18.0 Å². The maximum Gasteiger partial charge on any atom is 0.338 e. The maximum atomic E-state index is 13.5. The SMILES string of the molecule is CCOC(=O)C1=C(CN2CCN(S(=O)(=O)c3ccc(C)cc3)CC2)N(CC)C(=O)N[C@H]1c1cccc(Oc2ccccc2)c1. The predicted molar refractivity (Wildman–Crippen MR) is 167 cm³/mol. The number of para-hydroxylation sites is 1. The Balaban J connectivity index is 1.42. The molecule has 5 rings (SSSR count). The third-order valence-electron chi connectivity index (χ3n) is 7.78. The van der Waals surface area contributed by atoms with E-state index in [1.54, 1.807) is 36.1 Å². The summed E-state index contributed by atoms with van der Waals surface area (Å²) >= 11 is 0. The van der Waals surface area contributed by atoms with Gasteiger partial charge in [-0.15, -0.1) is 0 Å². The number of aryl methyl sites for hydroxylation is 1. The molecule has 0 unspecified atom stereocenters. The van der Waals surface area contributed by atoms with Crippen molar-refractivity contribution in [3.8, 4) is 11.5 Å². The van der Waals surface area contributed by atoms with Gasteiger partial charge in [-0.2, -0.15) is 4.31 Å². The molecule has 3 aromatic carbocycles. The van der Waals surface area contributed by atoms with E-state index in [1.807, 2.05) is 68.4 Å². The Bertz CT molecular complexity index is 1620. The molecule has 44 heavy (non-hydrogen) atoms. The highest BCUT2D eigenvalue weighted by molar-refractivity contribution is 7.89. The lowest BCUT2D eigenvalue weighted by Gasteiger charge is -2.40. The van der Waals surface area contributed by atoms with Gasteiger partial charge in [-0.3, -0.25) is 9.80 Å². The second kappa shape index (κ2) is 13.6. The molecule has 11 heteroatoms. The number of urea groups is 1. The lowest BCUT2D eigenvalue weighted by molar-refractivity contribution is -0.139. The molecule has 1 atom stereocenters. The Kier molecular flexibility index (Phi) is 9.68. The van der Waals surface area contributed by atoms with E-state index in [1.165, 1.54) is 4.31 Å². The molecule has 2 heterocycles. The zero-order valence-electron chi connectivity index (χ0n) is 25.2. The minimum absolute atomic E-state index is 0.176. The quantitative estimate of drug-likeness (QED) is 0.328. The van der Waals surface area contributed by atoms with Crippen molar-refractivity contribution >= 4 is 22.0 Å². The maximum absolute atomic E-state index is 13.5.